The molecular weight excluding hydrogens is 480 g/mol. The topological polar surface area (TPSA) is 51.1 Å². The van der Waals surface area contributed by atoms with Crippen LogP contribution in [0.2, 0.25) is 0 Å². The maximum absolute atomic E-state index is 13.1. The molecule has 0 radical (unpaired) electrons. The van der Waals surface area contributed by atoms with Crippen LogP contribution in [0.25, 0.3) is 6.08 Å². The second-order valence-electron chi connectivity index (χ2n) is 7.90. The van der Waals surface area contributed by atoms with Gasteiger partial charge in [-0.25, -0.2) is 0 Å². The maximum atomic E-state index is 13.1. The number of ether oxygens (including phenoxy) is 2. The Morgan fingerprint density at radius 1 is 0.909 bits per heavy atom. The molecule has 1 amide bonds. The predicted octanol–water partition coefficient (Wildman–Crippen LogP) is 6.33. The van der Waals surface area contributed by atoms with Crippen LogP contribution in [0.4, 0.5) is 5.69 Å². The lowest BCUT2D eigenvalue weighted by Gasteiger charge is -2.13. The van der Waals surface area contributed by atoms with Crippen molar-refractivity contribution in [2.75, 3.05) is 18.2 Å². The van der Waals surface area contributed by atoms with Gasteiger partial charge in [0.1, 0.15) is 24.7 Å². The molecule has 0 atom stereocenters. The van der Waals surface area contributed by atoms with Gasteiger partial charge in [0, 0.05) is 10.0 Å². The largest absolute Gasteiger partial charge is 0.490 e. The van der Waals surface area contributed by atoms with Gasteiger partial charge in [-0.2, -0.15) is 10.1 Å². The van der Waals surface area contributed by atoms with E-state index in [0.717, 1.165) is 32.6 Å². The summed E-state index contributed by atoms with van der Waals surface area (Å²) in [6.07, 6.45) is 1.83. The fourth-order valence-electron chi connectivity index (χ4n) is 3.67. The Hall–Kier alpha value is -3.38. The lowest BCUT2D eigenvalue weighted by molar-refractivity contribution is -0.114. The van der Waals surface area contributed by atoms with Gasteiger partial charge in [0.15, 0.2) is 0 Å². The lowest BCUT2D eigenvalue weighted by atomic mass is 10.1. The Labute approximate surface area is 202 Å². The zero-order valence-corrected chi connectivity index (χ0v) is 20.4. The number of carbonyl (C=O) groups excluding carboxylic acids is 1. The number of carbonyl (C=O) groups is 1. The van der Waals surface area contributed by atoms with E-state index in [0.29, 0.717) is 30.2 Å². The van der Waals surface area contributed by atoms with E-state index < -0.39 is 0 Å². The van der Waals surface area contributed by atoms with Gasteiger partial charge in [0.25, 0.3) is 5.91 Å². The average molecular weight is 505 g/mol. The standard InChI is InChI=1S/C27H25BrN2O3/c1-18-13-19(2)15-24(14-18)32-11-12-33-26-10-9-22(28)16-21(26)17-25-20(3)29-30(27(25)31)23-7-5-4-6-8-23/h4-10,13-17H,11-12H2,1-3H3/b25-17+. The molecule has 1 heterocycles. The number of aryl methyl sites for hydroxylation is 2. The molecule has 6 heteroatoms. The van der Waals surface area contributed by atoms with Crippen molar-refractivity contribution in [1.29, 1.82) is 0 Å². The van der Waals surface area contributed by atoms with E-state index in [9.17, 15) is 4.79 Å². The molecule has 4 rings (SSSR count). The van der Waals surface area contributed by atoms with Crippen LogP contribution in [0, 0.1) is 13.8 Å². The molecule has 168 valence electrons. The number of para-hydroxylation sites is 1. The van der Waals surface area contributed by atoms with Crippen LogP contribution in [0.15, 0.2) is 81.9 Å². The Balaban J connectivity index is 1.48. The van der Waals surface area contributed by atoms with Crippen molar-refractivity contribution in [3.05, 3.63) is 93.5 Å². The SMILES string of the molecule is CC1=NN(c2ccccc2)C(=O)/C1=C/c1cc(Br)ccc1OCCOc1cc(C)cc(C)c1. The molecule has 0 bridgehead atoms. The zero-order valence-electron chi connectivity index (χ0n) is 18.8. The average Bonchev–Trinajstić information content (AvgIpc) is 3.06. The van der Waals surface area contributed by atoms with Crippen molar-refractivity contribution in [2.45, 2.75) is 20.8 Å². The number of hydrogen-bond donors (Lipinski definition) is 0. The van der Waals surface area contributed by atoms with Gasteiger partial charge in [-0.05, 0) is 80.4 Å². The van der Waals surface area contributed by atoms with E-state index in [1.165, 1.54) is 5.01 Å². The van der Waals surface area contributed by atoms with E-state index in [-0.39, 0.29) is 5.91 Å². The number of anilines is 1. The van der Waals surface area contributed by atoms with Crippen molar-refractivity contribution in [3.63, 3.8) is 0 Å². The number of amides is 1. The minimum Gasteiger partial charge on any atom is -0.490 e. The molecule has 0 aromatic heterocycles. The van der Waals surface area contributed by atoms with Gasteiger partial charge < -0.3 is 9.47 Å². The third-order valence-electron chi connectivity index (χ3n) is 5.14. The second-order valence-corrected chi connectivity index (χ2v) is 8.81. The molecule has 0 saturated carbocycles. The molecule has 0 fully saturated rings. The molecular formula is C27H25BrN2O3. The van der Waals surface area contributed by atoms with Gasteiger partial charge in [0.05, 0.1) is 17.0 Å². The van der Waals surface area contributed by atoms with Crippen LogP contribution in [0.1, 0.15) is 23.6 Å². The van der Waals surface area contributed by atoms with E-state index >= 15 is 0 Å². The minimum atomic E-state index is -0.164. The molecule has 0 aliphatic carbocycles. The third kappa shape index (κ3) is 5.52. The minimum absolute atomic E-state index is 0.164. The summed E-state index contributed by atoms with van der Waals surface area (Å²) in [7, 11) is 0. The van der Waals surface area contributed by atoms with Crippen LogP contribution in [-0.4, -0.2) is 24.8 Å². The Morgan fingerprint density at radius 2 is 1.61 bits per heavy atom. The van der Waals surface area contributed by atoms with E-state index in [1.807, 2.05) is 87.5 Å². The lowest BCUT2D eigenvalue weighted by Crippen LogP contribution is -2.21. The monoisotopic (exact) mass is 504 g/mol. The highest BCUT2D eigenvalue weighted by atomic mass is 79.9. The molecule has 0 spiro atoms. The first-order valence-corrected chi connectivity index (χ1v) is 11.5. The third-order valence-corrected chi connectivity index (χ3v) is 5.63. The molecule has 5 nitrogen and oxygen atoms in total. The van der Waals surface area contributed by atoms with Gasteiger partial charge in [-0.15, -0.1) is 0 Å². The smallest absolute Gasteiger partial charge is 0.280 e. The van der Waals surface area contributed by atoms with E-state index in [1.54, 1.807) is 0 Å². The molecule has 0 unspecified atom stereocenters. The molecule has 3 aromatic carbocycles. The summed E-state index contributed by atoms with van der Waals surface area (Å²) in [6.45, 7) is 6.72. The first-order chi connectivity index (χ1) is 15.9. The highest BCUT2D eigenvalue weighted by molar-refractivity contribution is 9.10. The van der Waals surface area contributed by atoms with Crippen LogP contribution in [0.5, 0.6) is 11.5 Å². The number of benzene rings is 3. The first-order valence-electron chi connectivity index (χ1n) is 10.7. The van der Waals surface area contributed by atoms with Gasteiger partial charge in [-0.1, -0.05) is 40.2 Å². The Kier molecular flexibility index (Phi) is 6.94. The number of halogens is 1. The van der Waals surface area contributed by atoms with E-state index in [2.05, 4.69) is 27.1 Å². The number of rotatable bonds is 7. The normalized spacial score (nSPS) is 14.5. The number of hydrogen-bond acceptors (Lipinski definition) is 4. The Bertz CT molecular complexity index is 1220. The van der Waals surface area contributed by atoms with Crippen LogP contribution < -0.4 is 14.5 Å². The van der Waals surface area contributed by atoms with Gasteiger partial charge in [0.2, 0.25) is 0 Å². The summed E-state index contributed by atoms with van der Waals surface area (Å²) < 4.78 is 12.8. The predicted molar refractivity (Wildman–Crippen MR) is 136 cm³/mol. The summed E-state index contributed by atoms with van der Waals surface area (Å²) in [4.78, 5) is 13.1. The van der Waals surface area contributed by atoms with Crippen LogP contribution >= 0.6 is 15.9 Å². The first kappa shape index (κ1) is 22.8. The van der Waals surface area contributed by atoms with Crippen molar-refractivity contribution in [1.82, 2.24) is 0 Å². The number of hydrazone groups is 1. The Morgan fingerprint density at radius 3 is 2.33 bits per heavy atom. The fourth-order valence-corrected chi connectivity index (χ4v) is 4.05. The fraction of sp³-hybridized carbons (Fsp3) is 0.185. The zero-order chi connectivity index (χ0) is 23.4. The quantitative estimate of drug-likeness (QED) is 0.279. The summed E-state index contributed by atoms with van der Waals surface area (Å²) in [5.74, 6) is 1.34. The molecule has 1 aliphatic rings. The van der Waals surface area contributed by atoms with Crippen molar-refractivity contribution in [3.8, 4) is 11.5 Å². The molecule has 0 saturated heterocycles. The summed E-state index contributed by atoms with van der Waals surface area (Å²) in [5.41, 5.74) is 5.05. The van der Waals surface area contributed by atoms with Crippen molar-refractivity contribution >= 4 is 39.3 Å². The summed E-state index contributed by atoms with van der Waals surface area (Å²) in [6, 6.07) is 21.3. The molecule has 3 aromatic rings. The van der Waals surface area contributed by atoms with Crippen LogP contribution in [-0.2, 0) is 4.79 Å². The highest BCUT2D eigenvalue weighted by Gasteiger charge is 2.28. The summed E-state index contributed by atoms with van der Waals surface area (Å²) >= 11 is 3.52. The summed E-state index contributed by atoms with van der Waals surface area (Å²) in [5, 5.41) is 5.88. The maximum Gasteiger partial charge on any atom is 0.280 e. The molecule has 1 aliphatic heterocycles. The van der Waals surface area contributed by atoms with Crippen molar-refractivity contribution in [2.24, 2.45) is 5.10 Å². The molecule has 0 N–H and O–H groups in total. The van der Waals surface area contributed by atoms with Crippen molar-refractivity contribution < 1.29 is 14.3 Å². The van der Waals surface area contributed by atoms with Gasteiger partial charge in [-0.3, -0.25) is 4.79 Å². The second kappa shape index (κ2) is 10.0. The van der Waals surface area contributed by atoms with Gasteiger partial charge >= 0.3 is 0 Å². The molecule has 33 heavy (non-hydrogen) atoms. The number of nitrogens with zero attached hydrogens (tertiary/aromatic N) is 2. The van der Waals surface area contributed by atoms with E-state index in [4.69, 9.17) is 9.47 Å². The van der Waals surface area contributed by atoms with Crippen LogP contribution in [0.3, 0.4) is 0 Å². The highest BCUT2D eigenvalue weighted by Crippen LogP contribution is 2.29.